The molecule has 0 aliphatic rings. The molecule has 0 aliphatic carbocycles. The molecule has 3 rings (SSSR count). The maximum atomic E-state index is 11.3. The van der Waals surface area contributed by atoms with E-state index in [0.29, 0.717) is 0 Å². The van der Waals surface area contributed by atoms with Crippen LogP contribution >= 0.6 is 0 Å². The lowest BCUT2D eigenvalue weighted by atomic mass is 10.1. The Morgan fingerprint density at radius 2 is 1.71 bits per heavy atom. The van der Waals surface area contributed by atoms with E-state index in [1.165, 1.54) is 12.1 Å². The zero-order valence-corrected chi connectivity index (χ0v) is 16.5. The zero-order chi connectivity index (χ0) is 20.1. The fraction of sp³-hybridized carbons (Fsp3) is 0.238. The number of nitrogens with two attached hydrogens (primary N) is 2. The minimum Gasteiger partial charge on any atom is -0.455 e. The Labute approximate surface area is 165 Å². The van der Waals surface area contributed by atoms with E-state index in [1.54, 1.807) is 19.1 Å². The highest BCUT2D eigenvalue weighted by Gasteiger charge is 2.09. The average Bonchev–Trinajstić information content (AvgIpc) is 3.14. The Kier molecular flexibility index (Phi) is 6.31. The molecule has 1 aromatic heterocycles. The van der Waals surface area contributed by atoms with Crippen LogP contribution in [0.25, 0.3) is 11.3 Å². The fourth-order valence-corrected chi connectivity index (χ4v) is 3.44. The van der Waals surface area contributed by atoms with E-state index in [0.717, 1.165) is 47.7 Å². The van der Waals surface area contributed by atoms with Gasteiger partial charge in [-0.25, -0.2) is 13.6 Å². The third-order valence-corrected chi connectivity index (χ3v) is 5.50. The van der Waals surface area contributed by atoms with Crippen molar-refractivity contribution in [1.82, 2.24) is 0 Å². The summed E-state index contributed by atoms with van der Waals surface area (Å²) < 4.78 is 28.4. The summed E-state index contributed by atoms with van der Waals surface area (Å²) in [5, 5.41) is 16.8. The monoisotopic (exact) mass is 401 g/mol. The number of furan rings is 1. The minimum atomic E-state index is -3.64. The molecule has 1 atom stereocenters. The van der Waals surface area contributed by atoms with Gasteiger partial charge in [-0.05, 0) is 42.3 Å². The highest BCUT2D eigenvalue weighted by molar-refractivity contribution is 7.89. The first kappa shape index (κ1) is 20.3. The van der Waals surface area contributed by atoms with Crippen LogP contribution in [0.3, 0.4) is 0 Å². The minimum absolute atomic E-state index is 0.129. The van der Waals surface area contributed by atoms with Crippen LogP contribution in [-0.4, -0.2) is 20.1 Å². The maximum absolute atomic E-state index is 11.3. The third-order valence-electron chi connectivity index (χ3n) is 4.57. The van der Waals surface area contributed by atoms with Crippen LogP contribution in [0, 0.1) is 0 Å². The third kappa shape index (κ3) is 5.30. The van der Waals surface area contributed by atoms with E-state index in [-0.39, 0.29) is 4.90 Å². The van der Waals surface area contributed by atoms with Crippen molar-refractivity contribution >= 4 is 10.0 Å². The number of sulfonamides is 1. The van der Waals surface area contributed by atoms with Crippen LogP contribution in [0.5, 0.6) is 0 Å². The molecular formula is C21H25N2O4S+. The lowest BCUT2D eigenvalue weighted by Gasteiger charge is -2.05. The number of aliphatic hydroxyl groups is 1. The zero-order valence-electron chi connectivity index (χ0n) is 15.7. The van der Waals surface area contributed by atoms with Gasteiger partial charge in [-0.2, -0.15) is 0 Å². The van der Waals surface area contributed by atoms with Crippen molar-refractivity contribution in [2.75, 3.05) is 6.54 Å². The van der Waals surface area contributed by atoms with Gasteiger partial charge in [0, 0.05) is 12.0 Å². The molecule has 0 spiro atoms. The van der Waals surface area contributed by atoms with E-state index in [1.807, 2.05) is 36.4 Å². The second kappa shape index (κ2) is 8.70. The second-order valence-electron chi connectivity index (χ2n) is 6.78. The molecule has 1 heterocycles. The first-order chi connectivity index (χ1) is 13.3. The second-order valence-corrected chi connectivity index (χ2v) is 8.35. The van der Waals surface area contributed by atoms with E-state index in [4.69, 9.17) is 9.56 Å². The smallest absolute Gasteiger partial charge is 0.238 e. The number of rotatable bonds is 8. The highest BCUT2D eigenvalue weighted by Crippen LogP contribution is 2.23. The molecular weight excluding hydrogens is 376 g/mol. The molecule has 7 heteroatoms. The molecule has 0 bridgehead atoms. The predicted octanol–water partition coefficient (Wildman–Crippen LogP) is 1.95. The largest absolute Gasteiger partial charge is 0.455 e. The van der Waals surface area contributed by atoms with Gasteiger partial charge in [0.25, 0.3) is 0 Å². The molecule has 0 aliphatic heterocycles. The number of aliphatic hydroxyl groups excluding tert-OH is 1. The summed E-state index contributed by atoms with van der Waals surface area (Å²) in [5.41, 5.74) is 2.91. The molecule has 3 aromatic rings. The van der Waals surface area contributed by atoms with Crippen molar-refractivity contribution in [3.05, 3.63) is 77.6 Å². The molecule has 148 valence electrons. The highest BCUT2D eigenvalue weighted by atomic mass is 32.2. The Morgan fingerprint density at radius 1 is 1.04 bits per heavy atom. The normalized spacial score (nSPS) is 12.8. The van der Waals surface area contributed by atoms with Gasteiger partial charge in [0.1, 0.15) is 12.3 Å². The van der Waals surface area contributed by atoms with E-state index >= 15 is 0 Å². The number of primary sulfonamides is 1. The van der Waals surface area contributed by atoms with Crippen LogP contribution in [0.1, 0.15) is 29.9 Å². The van der Waals surface area contributed by atoms with Crippen molar-refractivity contribution in [3.63, 3.8) is 0 Å². The molecule has 0 unspecified atom stereocenters. The number of hydrogen-bond acceptors (Lipinski definition) is 4. The molecule has 0 fully saturated rings. The average molecular weight is 402 g/mol. The molecule has 5 N–H and O–H groups in total. The van der Waals surface area contributed by atoms with E-state index in [2.05, 4.69) is 5.32 Å². The molecule has 0 radical (unpaired) electrons. The van der Waals surface area contributed by atoms with E-state index in [9.17, 15) is 13.5 Å². The maximum Gasteiger partial charge on any atom is 0.238 e. The quantitative estimate of drug-likeness (QED) is 0.501. The SMILES string of the molecule is C[C@H](O)c1ccc(-c2ccc(C[NH2+]CCc3ccc(S(N)(=O)=O)cc3)o2)cc1. The molecule has 2 aromatic carbocycles. The van der Waals surface area contributed by atoms with Crippen LogP contribution in [0.2, 0.25) is 0 Å². The van der Waals surface area contributed by atoms with Crippen molar-refractivity contribution in [2.45, 2.75) is 30.9 Å². The van der Waals surface area contributed by atoms with Crippen LogP contribution < -0.4 is 10.5 Å². The summed E-state index contributed by atoms with van der Waals surface area (Å²) >= 11 is 0. The van der Waals surface area contributed by atoms with Crippen molar-refractivity contribution in [2.24, 2.45) is 5.14 Å². The summed E-state index contributed by atoms with van der Waals surface area (Å²) in [5.74, 6) is 1.69. The molecule has 0 amide bonds. The summed E-state index contributed by atoms with van der Waals surface area (Å²) in [6, 6.07) is 18.2. The lowest BCUT2D eigenvalue weighted by molar-refractivity contribution is -0.671. The summed E-state index contributed by atoms with van der Waals surface area (Å²) in [6.07, 6.45) is 0.339. The molecule has 6 nitrogen and oxygen atoms in total. The van der Waals surface area contributed by atoms with Crippen LogP contribution in [0.15, 0.2) is 70.0 Å². The number of hydrogen-bond donors (Lipinski definition) is 3. The van der Waals surface area contributed by atoms with Crippen molar-refractivity contribution < 1.29 is 23.3 Å². The van der Waals surface area contributed by atoms with Gasteiger partial charge in [0.05, 0.1) is 17.5 Å². The number of quaternary nitrogens is 1. The summed E-state index contributed by atoms with van der Waals surface area (Å²) in [4.78, 5) is 0.129. The Bertz CT molecular complexity index is 1010. The lowest BCUT2D eigenvalue weighted by Crippen LogP contribution is -2.83. The molecule has 0 saturated heterocycles. The van der Waals surface area contributed by atoms with Gasteiger partial charge >= 0.3 is 0 Å². The predicted molar refractivity (Wildman–Crippen MR) is 107 cm³/mol. The van der Waals surface area contributed by atoms with Gasteiger partial charge in [-0.3, -0.25) is 0 Å². The van der Waals surface area contributed by atoms with Crippen LogP contribution in [-0.2, 0) is 23.0 Å². The topological polar surface area (TPSA) is 110 Å². The van der Waals surface area contributed by atoms with Crippen molar-refractivity contribution in [1.29, 1.82) is 0 Å². The Balaban J connectivity index is 1.49. The van der Waals surface area contributed by atoms with Gasteiger partial charge in [0.2, 0.25) is 10.0 Å². The van der Waals surface area contributed by atoms with Gasteiger partial charge in [-0.1, -0.05) is 36.4 Å². The standard InChI is InChI=1S/C21H24N2O4S/c1-15(24)17-4-6-18(7-5-17)21-11-8-19(27-21)14-23-13-12-16-2-9-20(10-3-16)28(22,25)26/h2-11,15,23-24H,12-14H2,1H3,(H2,22,25,26)/p+1/t15-/m0/s1. The van der Waals surface area contributed by atoms with Gasteiger partial charge in [0.15, 0.2) is 5.76 Å². The number of benzene rings is 2. The Morgan fingerprint density at radius 3 is 2.32 bits per heavy atom. The van der Waals surface area contributed by atoms with E-state index < -0.39 is 16.1 Å². The first-order valence-electron chi connectivity index (χ1n) is 9.13. The molecule has 28 heavy (non-hydrogen) atoms. The summed E-state index contributed by atoms with van der Waals surface area (Å²) in [7, 11) is -3.64. The van der Waals surface area contributed by atoms with Gasteiger partial charge in [-0.15, -0.1) is 0 Å². The van der Waals surface area contributed by atoms with Crippen molar-refractivity contribution in [3.8, 4) is 11.3 Å². The Hall–Kier alpha value is -2.45. The molecule has 0 saturated carbocycles. The van der Waals surface area contributed by atoms with Crippen LogP contribution in [0.4, 0.5) is 0 Å². The summed E-state index contributed by atoms with van der Waals surface area (Å²) in [6.45, 7) is 3.32. The fourth-order valence-electron chi connectivity index (χ4n) is 2.93. The first-order valence-corrected chi connectivity index (χ1v) is 10.7. The van der Waals surface area contributed by atoms with Gasteiger partial charge < -0.3 is 14.8 Å².